The molecule has 3 nitrogen and oxygen atoms in total. The Balaban J connectivity index is 2.33. The molecule has 0 spiro atoms. The van der Waals surface area contributed by atoms with Gasteiger partial charge in [-0.25, -0.2) is 0 Å². The van der Waals surface area contributed by atoms with Crippen LogP contribution in [0.15, 0.2) is 0 Å². The number of rotatable bonds is 8. The summed E-state index contributed by atoms with van der Waals surface area (Å²) in [6.07, 6.45) is 9.08. The fourth-order valence-corrected chi connectivity index (χ4v) is 3.60. The van der Waals surface area contributed by atoms with E-state index < -0.39 is 0 Å². The van der Waals surface area contributed by atoms with Crippen molar-refractivity contribution in [3.8, 4) is 0 Å². The molecule has 0 aromatic rings. The van der Waals surface area contributed by atoms with E-state index in [1.807, 2.05) is 0 Å². The van der Waals surface area contributed by atoms with Crippen LogP contribution in [0.5, 0.6) is 0 Å². The molecule has 0 aliphatic carbocycles. The van der Waals surface area contributed by atoms with E-state index in [4.69, 9.17) is 4.84 Å². The van der Waals surface area contributed by atoms with Crippen LogP contribution >= 0.6 is 0 Å². The first-order chi connectivity index (χ1) is 9.29. The van der Waals surface area contributed by atoms with Crippen LogP contribution in [-0.4, -0.2) is 34.0 Å². The second-order valence-electron chi connectivity index (χ2n) is 7.58. The topological polar surface area (TPSA) is 32.7 Å². The number of aliphatic hydroxyl groups excluding tert-OH is 1. The third kappa shape index (κ3) is 5.34. The number of hydrogen-bond donors (Lipinski definition) is 1. The lowest BCUT2D eigenvalue weighted by Crippen LogP contribution is -2.61. The van der Waals surface area contributed by atoms with E-state index in [-0.39, 0.29) is 17.2 Å². The molecule has 0 radical (unpaired) electrons. The molecule has 1 saturated heterocycles. The van der Waals surface area contributed by atoms with Crippen LogP contribution in [-0.2, 0) is 4.84 Å². The molecule has 1 N–H and O–H groups in total. The van der Waals surface area contributed by atoms with Gasteiger partial charge in [-0.05, 0) is 47.0 Å². The highest BCUT2D eigenvalue weighted by Gasteiger charge is 2.45. The van der Waals surface area contributed by atoms with Crippen LogP contribution in [0.2, 0.25) is 0 Å². The van der Waals surface area contributed by atoms with E-state index in [9.17, 15) is 5.11 Å². The molecule has 20 heavy (non-hydrogen) atoms. The normalized spacial score (nSPS) is 23.1. The second-order valence-corrected chi connectivity index (χ2v) is 7.58. The minimum atomic E-state index is -0.214. The molecule has 1 heterocycles. The molecule has 1 aliphatic heterocycles. The Morgan fingerprint density at radius 2 is 1.45 bits per heavy atom. The molecule has 0 bridgehead atoms. The molecule has 0 saturated carbocycles. The van der Waals surface area contributed by atoms with Crippen molar-refractivity contribution in [1.29, 1.82) is 0 Å². The summed E-state index contributed by atoms with van der Waals surface area (Å²) in [6, 6.07) is 0. The zero-order chi connectivity index (χ0) is 15.2. The van der Waals surface area contributed by atoms with Gasteiger partial charge in [0.1, 0.15) is 0 Å². The summed E-state index contributed by atoms with van der Waals surface area (Å²) in [5.74, 6) is 0. The lowest BCUT2D eigenvalue weighted by atomic mass is 9.80. The van der Waals surface area contributed by atoms with Gasteiger partial charge in [0.15, 0.2) is 0 Å². The van der Waals surface area contributed by atoms with Gasteiger partial charge in [-0.2, -0.15) is 5.06 Å². The Bertz CT molecular complexity index is 258. The van der Waals surface area contributed by atoms with Crippen molar-refractivity contribution in [2.24, 2.45) is 0 Å². The summed E-state index contributed by atoms with van der Waals surface area (Å²) in [6.45, 7) is 11.7. The average Bonchev–Trinajstić information content (AvgIpc) is 2.28. The van der Waals surface area contributed by atoms with Crippen LogP contribution < -0.4 is 0 Å². The van der Waals surface area contributed by atoms with Crippen LogP contribution in [0.4, 0.5) is 0 Å². The summed E-state index contributed by atoms with van der Waals surface area (Å²) in [4.78, 5) is 6.09. The summed E-state index contributed by atoms with van der Waals surface area (Å²) >= 11 is 0. The molecule has 120 valence electrons. The number of unbranched alkanes of at least 4 members (excludes halogenated alkanes) is 5. The SMILES string of the molecule is CCCCCCCCON1C(C)(C)CC(O)CC1(C)C. The Morgan fingerprint density at radius 3 is 2.00 bits per heavy atom. The Hall–Kier alpha value is -0.120. The highest BCUT2D eigenvalue weighted by Crippen LogP contribution is 2.38. The summed E-state index contributed by atoms with van der Waals surface area (Å²) in [7, 11) is 0. The van der Waals surface area contributed by atoms with Gasteiger partial charge in [0, 0.05) is 11.1 Å². The van der Waals surface area contributed by atoms with Gasteiger partial charge in [0.2, 0.25) is 0 Å². The smallest absolute Gasteiger partial charge is 0.0685 e. The quantitative estimate of drug-likeness (QED) is 0.675. The highest BCUT2D eigenvalue weighted by atomic mass is 16.7. The summed E-state index contributed by atoms with van der Waals surface area (Å²) in [5, 5.41) is 12.1. The Labute approximate surface area is 125 Å². The standard InChI is InChI=1S/C17H35NO2/c1-6-7-8-9-10-11-12-20-18-16(2,3)13-15(19)14-17(18,4)5/h15,19H,6-14H2,1-5H3. The van der Waals surface area contributed by atoms with E-state index in [1.165, 1.54) is 32.1 Å². The molecule has 0 atom stereocenters. The van der Waals surface area contributed by atoms with Gasteiger partial charge in [-0.15, -0.1) is 0 Å². The zero-order valence-corrected chi connectivity index (χ0v) is 14.2. The maximum Gasteiger partial charge on any atom is 0.0685 e. The number of hydrogen-bond acceptors (Lipinski definition) is 3. The van der Waals surface area contributed by atoms with Crippen molar-refractivity contribution >= 4 is 0 Å². The van der Waals surface area contributed by atoms with Gasteiger partial charge in [-0.1, -0.05) is 39.0 Å². The molecule has 0 unspecified atom stereocenters. The van der Waals surface area contributed by atoms with Crippen LogP contribution in [0.1, 0.15) is 86.0 Å². The lowest BCUT2D eigenvalue weighted by molar-refractivity contribution is -0.292. The van der Waals surface area contributed by atoms with Crippen LogP contribution in [0.3, 0.4) is 0 Å². The third-order valence-corrected chi connectivity index (χ3v) is 4.29. The van der Waals surface area contributed by atoms with E-state index >= 15 is 0 Å². The maximum absolute atomic E-state index is 10.0. The molecule has 0 amide bonds. The molecule has 1 fully saturated rings. The monoisotopic (exact) mass is 285 g/mol. The van der Waals surface area contributed by atoms with Crippen molar-refractivity contribution in [1.82, 2.24) is 5.06 Å². The molecule has 0 aromatic carbocycles. The molecule has 0 aromatic heterocycles. The number of piperidine rings is 1. The molecule has 3 heteroatoms. The second kappa shape index (κ2) is 7.77. The third-order valence-electron chi connectivity index (χ3n) is 4.29. The fraction of sp³-hybridized carbons (Fsp3) is 1.00. The van der Waals surface area contributed by atoms with Crippen molar-refractivity contribution in [2.45, 2.75) is 103 Å². The van der Waals surface area contributed by atoms with Gasteiger partial charge in [-0.3, -0.25) is 4.84 Å². The van der Waals surface area contributed by atoms with Crippen molar-refractivity contribution in [3.05, 3.63) is 0 Å². The Kier molecular flexibility index (Phi) is 6.96. The number of hydroxylamine groups is 2. The maximum atomic E-state index is 10.0. The lowest BCUT2D eigenvalue weighted by Gasteiger charge is -2.52. The molecule has 1 aliphatic rings. The van der Waals surface area contributed by atoms with Gasteiger partial charge in [0.05, 0.1) is 12.7 Å². The largest absolute Gasteiger partial charge is 0.393 e. The summed E-state index contributed by atoms with van der Waals surface area (Å²) < 4.78 is 0. The van der Waals surface area contributed by atoms with Crippen molar-refractivity contribution in [3.63, 3.8) is 0 Å². The first kappa shape index (κ1) is 17.9. The zero-order valence-electron chi connectivity index (χ0n) is 14.2. The van der Waals surface area contributed by atoms with Crippen molar-refractivity contribution in [2.75, 3.05) is 6.61 Å². The molecular formula is C17H35NO2. The fourth-order valence-electron chi connectivity index (χ4n) is 3.60. The number of aliphatic hydroxyl groups is 1. The van der Waals surface area contributed by atoms with E-state index in [2.05, 4.69) is 39.7 Å². The first-order valence-electron chi connectivity index (χ1n) is 8.41. The minimum Gasteiger partial charge on any atom is -0.393 e. The van der Waals surface area contributed by atoms with Gasteiger partial charge in [0.25, 0.3) is 0 Å². The van der Waals surface area contributed by atoms with Gasteiger partial charge < -0.3 is 5.11 Å². The molecular weight excluding hydrogens is 250 g/mol. The van der Waals surface area contributed by atoms with E-state index in [1.54, 1.807) is 0 Å². The van der Waals surface area contributed by atoms with Crippen LogP contribution in [0.25, 0.3) is 0 Å². The number of nitrogens with zero attached hydrogens (tertiary/aromatic N) is 1. The predicted octanol–water partition coefficient (Wildman–Crippen LogP) is 4.29. The van der Waals surface area contributed by atoms with Crippen molar-refractivity contribution < 1.29 is 9.94 Å². The van der Waals surface area contributed by atoms with Crippen LogP contribution in [0, 0.1) is 0 Å². The van der Waals surface area contributed by atoms with E-state index in [0.29, 0.717) is 0 Å². The summed E-state index contributed by atoms with van der Waals surface area (Å²) in [5.41, 5.74) is -0.188. The van der Waals surface area contributed by atoms with E-state index in [0.717, 1.165) is 25.9 Å². The Morgan fingerprint density at radius 1 is 0.950 bits per heavy atom. The first-order valence-corrected chi connectivity index (χ1v) is 8.41. The predicted molar refractivity (Wildman–Crippen MR) is 84.6 cm³/mol. The average molecular weight is 285 g/mol. The molecule has 1 rings (SSSR count). The minimum absolute atomic E-state index is 0.0939. The van der Waals surface area contributed by atoms with Gasteiger partial charge >= 0.3 is 0 Å². The highest BCUT2D eigenvalue weighted by molar-refractivity contribution is 4.96.